The van der Waals surface area contributed by atoms with E-state index in [1.807, 2.05) is 0 Å². The number of ether oxygens (including phenoxy) is 1. The third-order valence-electron chi connectivity index (χ3n) is 1.94. The third-order valence-corrected chi connectivity index (χ3v) is 1.94. The number of nitrogens with zero attached hydrogens (tertiary/aromatic N) is 2. The Morgan fingerprint density at radius 2 is 2.29 bits per heavy atom. The molecule has 0 fully saturated rings. The molecule has 0 aliphatic rings. The Morgan fingerprint density at radius 3 is 2.76 bits per heavy atom. The number of phenols is 1. The first-order chi connectivity index (χ1) is 8.02. The van der Waals surface area contributed by atoms with Gasteiger partial charge in [-0.25, -0.2) is 4.79 Å². The molecule has 0 atom stereocenters. The lowest BCUT2D eigenvalue weighted by molar-refractivity contribution is -0.386. The number of nitriles is 1. The van der Waals surface area contributed by atoms with E-state index in [9.17, 15) is 20.0 Å². The van der Waals surface area contributed by atoms with Gasteiger partial charge >= 0.3 is 11.7 Å². The Bertz CT molecular complexity index is 518. The minimum absolute atomic E-state index is 0.0104. The Hall–Kier alpha value is -2.62. The Labute approximate surface area is 96.0 Å². The number of benzene rings is 1. The van der Waals surface area contributed by atoms with Crippen LogP contribution in [0, 0.1) is 21.4 Å². The van der Waals surface area contributed by atoms with Crippen molar-refractivity contribution in [3.05, 3.63) is 33.4 Å². The predicted octanol–water partition coefficient (Wildman–Crippen LogP) is 1.35. The van der Waals surface area contributed by atoms with E-state index < -0.39 is 27.9 Å². The van der Waals surface area contributed by atoms with Crippen LogP contribution in [0.5, 0.6) is 5.75 Å². The number of phenolic OH excluding ortho intramolecular Hbond substituents is 1. The van der Waals surface area contributed by atoms with Gasteiger partial charge in [-0.05, 0) is 19.1 Å². The van der Waals surface area contributed by atoms with E-state index in [0.717, 1.165) is 12.1 Å². The fourth-order valence-electron chi connectivity index (χ4n) is 1.27. The minimum Gasteiger partial charge on any atom is -0.502 e. The molecule has 0 saturated carbocycles. The molecule has 1 N–H and O–H groups in total. The van der Waals surface area contributed by atoms with Crippen molar-refractivity contribution in [3.8, 4) is 11.8 Å². The van der Waals surface area contributed by atoms with Gasteiger partial charge < -0.3 is 9.84 Å². The van der Waals surface area contributed by atoms with Gasteiger partial charge in [-0.1, -0.05) is 0 Å². The van der Waals surface area contributed by atoms with Crippen molar-refractivity contribution in [2.24, 2.45) is 0 Å². The van der Waals surface area contributed by atoms with Gasteiger partial charge in [0.15, 0.2) is 11.3 Å². The molecule has 1 aromatic rings. The zero-order valence-electron chi connectivity index (χ0n) is 8.84. The van der Waals surface area contributed by atoms with Gasteiger partial charge in [0.1, 0.15) is 6.07 Å². The SMILES string of the molecule is CCOC(=O)c1c(C#N)ccc(O)c1[N+](=O)[O-]. The van der Waals surface area contributed by atoms with E-state index in [0.29, 0.717) is 0 Å². The van der Waals surface area contributed by atoms with Crippen LogP contribution in [0.2, 0.25) is 0 Å². The number of nitro benzene ring substituents is 1. The fourth-order valence-corrected chi connectivity index (χ4v) is 1.27. The highest BCUT2D eigenvalue weighted by molar-refractivity contribution is 5.97. The quantitative estimate of drug-likeness (QED) is 0.481. The highest BCUT2D eigenvalue weighted by atomic mass is 16.6. The first-order valence-corrected chi connectivity index (χ1v) is 4.60. The molecule has 17 heavy (non-hydrogen) atoms. The van der Waals surface area contributed by atoms with Crippen molar-refractivity contribution >= 4 is 11.7 Å². The number of aromatic hydroxyl groups is 1. The zero-order valence-corrected chi connectivity index (χ0v) is 8.84. The summed E-state index contributed by atoms with van der Waals surface area (Å²) < 4.78 is 4.61. The first-order valence-electron chi connectivity index (χ1n) is 4.60. The smallest absolute Gasteiger partial charge is 0.346 e. The molecule has 0 aromatic heterocycles. The second kappa shape index (κ2) is 4.94. The fraction of sp³-hybridized carbons (Fsp3) is 0.200. The van der Waals surface area contributed by atoms with Crippen LogP contribution in [0.4, 0.5) is 5.69 Å². The number of hydrogen-bond acceptors (Lipinski definition) is 6. The van der Waals surface area contributed by atoms with Crippen molar-refractivity contribution in [2.45, 2.75) is 6.92 Å². The Balaban J connectivity index is 3.52. The molecule has 0 aliphatic carbocycles. The molecule has 1 rings (SSSR count). The Kier molecular flexibility index (Phi) is 3.62. The van der Waals surface area contributed by atoms with Crippen LogP contribution >= 0.6 is 0 Å². The molecule has 0 bridgehead atoms. The molecule has 1 aromatic carbocycles. The first kappa shape index (κ1) is 12.4. The normalized spacial score (nSPS) is 9.41. The molecule has 7 heteroatoms. The Morgan fingerprint density at radius 1 is 1.65 bits per heavy atom. The van der Waals surface area contributed by atoms with Crippen LogP contribution in [0.15, 0.2) is 12.1 Å². The van der Waals surface area contributed by atoms with Gasteiger partial charge in [-0.2, -0.15) is 5.26 Å². The highest BCUT2D eigenvalue weighted by Crippen LogP contribution is 2.32. The average Bonchev–Trinajstić information content (AvgIpc) is 2.28. The van der Waals surface area contributed by atoms with Crippen LogP contribution in [-0.4, -0.2) is 22.6 Å². The second-order valence-corrected chi connectivity index (χ2v) is 2.95. The summed E-state index contributed by atoms with van der Waals surface area (Å²) >= 11 is 0. The summed E-state index contributed by atoms with van der Waals surface area (Å²) in [6, 6.07) is 3.75. The molecule has 0 aliphatic heterocycles. The standard InChI is InChI=1S/C10H8N2O5/c1-2-17-10(14)8-6(5-11)3-4-7(13)9(8)12(15)16/h3-4,13H,2H2,1H3. The zero-order chi connectivity index (χ0) is 13.0. The number of hydrogen-bond donors (Lipinski definition) is 1. The monoisotopic (exact) mass is 236 g/mol. The van der Waals surface area contributed by atoms with Crippen molar-refractivity contribution in [3.63, 3.8) is 0 Å². The lowest BCUT2D eigenvalue weighted by Crippen LogP contribution is -2.10. The van der Waals surface area contributed by atoms with Gasteiger partial charge in [-0.15, -0.1) is 0 Å². The molecule has 0 heterocycles. The molecule has 88 valence electrons. The van der Waals surface area contributed by atoms with E-state index in [-0.39, 0.29) is 12.2 Å². The summed E-state index contributed by atoms with van der Waals surface area (Å²) in [7, 11) is 0. The van der Waals surface area contributed by atoms with Crippen LogP contribution in [0.25, 0.3) is 0 Å². The molecular formula is C10H8N2O5. The van der Waals surface area contributed by atoms with Crippen molar-refractivity contribution in [1.82, 2.24) is 0 Å². The minimum atomic E-state index is -1.01. The summed E-state index contributed by atoms with van der Waals surface area (Å²) in [6.45, 7) is 1.54. The van der Waals surface area contributed by atoms with E-state index in [4.69, 9.17) is 5.26 Å². The summed E-state index contributed by atoms with van der Waals surface area (Å²) in [6.07, 6.45) is 0. The maximum absolute atomic E-state index is 11.5. The lowest BCUT2D eigenvalue weighted by atomic mass is 10.1. The number of nitro groups is 1. The largest absolute Gasteiger partial charge is 0.502 e. The highest BCUT2D eigenvalue weighted by Gasteiger charge is 2.29. The van der Waals surface area contributed by atoms with Crippen LogP contribution in [0.3, 0.4) is 0 Å². The van der Waals surface area contributed by atoms with E-state index in [1.54, 1.807) is 6.07 Å². The summed E-state index contributed by atoms with van der Waals surface area (Å²) in [5.41, 5.74) is -1.56. The molecular weight excluding hydrogens is 228 g/mol. The van der Waals surface area contributed by atoms with Gasteiger partial charge in [0.05, 0.1) is 17.1 Å². The van der Waals surface area contributed by atoms with Gasteiger partial charge in [0.2, 0.25) is 0 Å². The number of rotatable bonds is 3. The van der Waals surface area contributed by atoms with E-state index >= 15 is 0 Å². The summed E-state index contributed by atoms with van der Waals surface area (Å²) in [5, 5.41) is 28.9. The van der Waals surface area contributed by atoms with Gasteiger partial charge in [-0.3, -0.25) is 10.1 Å². The van der Waals surface area contributed by atoms with Crippen molar-refractivity contribution in [2.75, 3.05) is 6.61 Å². The number of carbonyl (C=O) groups is 1. The summed E-state index contributed by atoms with van der Waals surface area (Å²) in [4.78, 5) is 21.3. The van der Waals surface area contributed by atoms with Crippen LogP contribution in [0.1, 0.15) is 22.8 Å². The molecule has 0 radical (unpaired) electrons. The van der Waals surface area contributed by atoms with E-state index in [1.165, 1.54) is 6.92 Å². The second-order valence-electron chi connectivity index (χ2n) is 2.95. The maximum atomic E-state index is 11.5. The summed E-state index contributed by atoms with van der Waals surface area (Å²) in [5.74, 6) is -1.69. The molecule has 0 saturated heterocycles. The number of carbonyl (C=O) groups excluding carboxylic acids is 1. The molecule has 0 amide bonds. The van der Waals surface area contributed by atoms with Gasteiger partial charge in [0, 0.05) is 0 Å². The van der Waals surface area contributed by atoms with E-state index in [2.05, 4.69) is 4.74 Å². The van der Waals surface area contributed by atoms with Crippen LogP contribution < -0.4 is 0 Å². The van der Waals surface area contributed by atoms with Crippen LogP contribution in [-0.2, 0) is 4.74 Å². The topological polar surface area (TPSA) is 113 Å². The molecule has 7 nitrogen and oxygen atoms in total. The molecule has 0 spiro atoms. The number of esters is 1. The van der Waals surface area contributed by atoms with Gasteiger partial charge in [0.25, 0.3) is 0 Å². The van der Waals surface area contributed by atoms with Crippen molar-refractivity contribution < 1.29 is 19.6 Å². The van der Waals surface area contributed by atoms with Crippen molar-refractivity contribution in [1.29, 1.82) is 5.26 Å². The predicted molar refractivity (Wildman–Crippen MR) is 55.4 cm³/mol. The average molecular weight is 236 g/mol. The lowest BCUT2D eigenvalue weighted by Gasteiger charge is -2.05. The molecule has 0 unspecified atom stereocenters. The maximum Gasteiger partial charge on any atom is 0.346 e. The third kappa shape index (κ3) is 2.31.